The highest BCUT2D eigenvalue weighted by Crippen LogP contribution is 2.33. The highest BCUT2D eigenvalue weighted by Gasteiger charge is 2.46. The molecule has 0 heterocycles. The third kappa shape index (κ3) is 3.92. The molecule has 1 aromatic carbocycles. The van der Waals surface area contributed by atoms with Crippen molar-refractivity contribution in [2.45, 2.75) is 24.5 Å². The van der Waals surface area contributed by atoms with E-state index in [0.717, 1.165) is 6.08 Å². The maximum Gasteiger partial charge on any atom is 0.336 e. The van der Waals surface area contributed by atoms with Crippen LogP contribution in [0.2, 0.25) is 0 Å². The molecule has 0 spiro atoms. The van der Waals surface area contributed by atoms with E-state index < -0.39 is 48.0 Å². The van der Waals surface area contributed by atoms with E-state index >= 15 is 0 Å². The Bertz CT molecular complexity index is 703. The molecule has 0 fully saturated rings. The average Bonchev–Trinajstić information content (AvgIpc) is 2.51. The molecule has 0 aliphatic heterocycles. The van der Waals surface area contributed by atoms with Gasteiger partial charge < -0.3 is 30.3 Å². The molecule has 1 aliphatic rings. The van der Waals surface area contributed by atoms with Crippen molar-refractivity contribution in [1.82, 2.24) is 0 Å². The first-order valence-corrected chi connectivity index (χ1v) is 6.96. The Labute approximate surface area is 136 Å². The third-order valence-electron chi connectivity index (χ3n) is 3.51. The van der Waals surface area contributed by atoms with Crippen molar-refractivity contribution in [2.75, 3.05) is 0 Å². The van der Waals surface area contributed by atoms with Crippen molar-refractivity contribution in [2.24, 2.45) is 0 Å². The second-order valence-electron chi connectivity index (χ2n) is 5.39. The zero-order valence-electron chi connectivity index (χ0n) is 12.4. The summed E-state index contributed by atoms with van der Waals surface area (Å²) >= 11 is 0. The Hall–Kier alpha value is -2.84. The number of aliphatic hydroxyl groups is 3. The normalized spacial score (nSPS) is 24.2. The van der Waals surface area contributed by atoms with Gasteiger partial charge in [-0.2, -0.15) is 0 Å². The predicted molar refractivity (Wildman–Crippen MR) is 80.7 cm³/mol. The minimum Gasteiger partial charge on any atom is -0.508 e. The summed E-state index contributed by atoms with van der Waals surface area (Å²) in [4.78, 5) is 22.8. The lowest BCUT2D eigenvalue weighted by Crippen LogP contribution is -2.46. The number of ether oxygens (including phenoxy) is 1. The van der Waals surface area contributed by atoms with Crippen molar-refractivity contribution >= 4 is 18.0 Å². The van der Waals surface area contributed by atoms with Crippen LogP contribution in [0, 0.1) is 0 Å². The van der Waals surface area contributed by atoms with Gasteiger partial charge in [0.1, 0.15) is 11.9 Å². The summed E-state index contributed by atoms with van der Waals surface area (Å²) in [5.41, 5.74) is -1.74. The molecule has 8 nitrogen and oxygen atoms in total. The minimum absolute atomic E-state index is 0.0638. The van der Waals surface area contributed by atoms with Crippen LogP contribution < -0.4 is 0 Å². The van der Waals surface area contributed by atoms with E-state index in [1.165, 1.54) is 18.2 Å². The minimum atomic E-state index is -2.33. The van der Waals surface area contributed by atoms with Gasteiger partial charge >= 0.3 is 11.9 Å². The van der Waals surface area contributed by atoms with Gasteiger partial charge in [-0.1, -0.05) is 12.1 Å². The number of carbonyl (C=O) groups is 2. The van der Waals surface area contributed by atoms with Gasteiger partial charge in [-0.25, -0.2) is 9.59 Å². The number of aromatic hydroxyl groups is 1. The second-order valence-corrected chi connectivity index (χ2v) is 5.39. The van der Waals surface area contributed by atoms with Crippen LogP contribution in [0.3, 0.4) is 0 Å². The number of hydrogen-bond acceptors (Lipinski definition) is 7. The van der Waals surface area contributed by atoms with Gasteiger partial charge in [-0.15, -0.1) is 0 Å². The molecule has 5 N–H and O–H groups in total. The first-order chi connectivity index (χ1) is 11.2. The summed E-state index contributed by atoms with van der Waals surface area (Å²) in [5, 5.41) is 47.4. The number of carboxylic acids is 1. The zero-order chi connectivity index (χ0) is 17.9. The molecule has 24 heavy (non-hydrogen) atoms. The number of phenols is 1. The molecule has 1 unspecified atom stereocenters. The highest BCUT2D eigenvalue weighted by atomic mass is 16.5. The van der Waals surface area contributed by atoms with Crippen LogP contribution in [-0.4, -0.2) is 49.2 Å². The molecule has 8 heteroatoms. The Balaban J connectivity index is 2.10. The largest absolute Gasteiger partial charge is 0.508 e. The number of rotatable bonds is 4. The van der Waals surface area contributed by atoms with E-state index in [0.29, 0.717) is 5.56 Å². The number of carbonyl (C=O) groups excluding carboxylic acids is 1. The second kappa shape index (κ2) is 6.73. The van der Waals surface area contributed by atoms with Crippen LogP contribution in [0.1, 0.15) is 18.4 Å². The lowest BCUT2D eigenvalue weighted by molar-refractivity contribution is -0.165. The van der Waals surface area contributed by atoms with Gasteiger partial charge in [0.2, 0.25) is 0 Å². The van der Waals surface area contributed by atoms with Crippen LogP contribution in [0.15, 0.2) is 41.9 Å². The molecular formula is C16H16O8. The van der Waals surface area contributed by atoms with Crippen molar-refractivity contribution in [1.29, 1.82) is 0 Å². The summed E-state index contributed by atoms with van der Waals surface area (Å²) in [6.45, 7) is 0. The fourth-order valence-corrected chi connectivity index (χ4v) is 2.19. The Morgan fingerprint density at radius 2 is 1.83 bits per heavy atom. The number of hydrogen-bond donors (Lipinski definition) is 5. The highest BCUT2D eigenvalue weighted by molar-refractivity contribution is 5.88. The quantitative estimate of drug-likeness (QED) is 0.399. The van der Waals surface area contributed by atoms with Gasteiger partial charge in [0.25, 0.3) is 0 Å². The smallest absolute Gasteiger partial charge is 0.336 e. The molecular weight excluding hydrogens is 320 g/mol. The lowest BCUT2D eigenvalue weighted by atomic mass is 9.85. The van der Waals surface area contributed by atoms with Gasteiger partial charge in [0.05, 0.1) is 0 Å². The number of carboxylic acid groups (broad SMARTS) is 1. The van der Waals surface area contributed by atoms with Gasteiger partial charge in [0.15, 0.2) is 17.1 Å². The average molecular weight is 336 g/mol. The molecule has 0 radical (unpaired) electrons. The summed E-state index contributed by atoms with van der Waals surface area (Å²) in [5.74, 6) is -3.64. The Morgan fingerprint density at radius 1 is 1.21 bits per heavy atom. The number of phenolic OH excluding ortho intramolecular Hbond substituents is 1. The molecule has 2 rings (SSSR count). The number of benzene rings is 1. The standard InChI is InChI=1S/C16H16O8/c17-10-4-1-9(2-5-10)3-6-13(19)24-12-8-16(23,15(21)22)7-11(18)14(12)20/h1-6,11,17-18,20,23H,7-8H2,(H,21,22)/b6-3+/t11?,16-/m1/s1. The summed E-state index contributed by atoms with van der Waals surface area (Å²) in [7, 11) is 0. The topological polar surface area (TPSA) is 145 Å². The SMILES string of the molecule is O=C(/C=C/c1ccc(O)cc1)OC1=C(O)C(O)C[C@](O)(C(=O)O)C1. The Morgan fingerprint density at radius 3 is 2.42 bits per heavy atom. The number of esters is 1. The monoisotopic (exact) mass is 336 g/mol. The van der Waals surface area contributed by atoms with Crippen molar-refractivity contribution < 1.29 is 39.9 Å². The van der Waals surface area contributed by atoms with E-state index in [4.69, 9.17) is 14.9 Å². The maximum absolute atomic E-state index is 11.8. The van der Waals surface area contributed by atoms with Crippen molar-refractivity contribution in [3.8, 4) is 5.75 Å². The summed E-state index contributed by atoms with van der Waals surface area (Å²) in [6, 6.07) is 5.93. The molecule has 1 aromatic rings. The van der Waals surface area contributed by atoms with Crippen LogP contribution >= 0.6 is 0 Å². The number of aliphatic carboxylic acids is 1. The lowest BCUT2D eigenvalue weighted by Gasteiger charge is -2.31. The number of aliphatic hydroxyl groups excluding tert-OH is 2. The fourth-order valence-electron chi connectivity index (χ4n) is 2.19. The van der Waals surface area contributed by atoms with Crippen molar-refractivity contribution in [3.63, 3.8) is 0 Å². The molecule has 0 bridgehead atoms. The molecule has 128 valence electrons. The molecule has 0 saturated heterocycles. The van der Waals surface area contributed by atoms with Crippen molar-refractivity contribution in [3.05, 3.63) is 47.4 Å². The first kappa shape index (κ1) is 17.5. The van der Waals surface area contributed by atoms with E-state index in [-0.39, 0.29) is 5.75 Å². The predicted octanol–water partition coefficient (Wildman–Crippen LogP) is 0.689. The Kier molecular flexibility index (Phi) is 4.91. The van der Waals surface area contributed by atoms with E-state index in [2.05, 4.69) is 0 Å². The molecule has 1 aliphatic carbocycles. The zero-order valence-corrected chi connectivity index (χ0v) is 12.4. The molecule has 0 saturated carbocycles. The third-order valence-corrected chi connectivity index (χ3v) is 3.51. The van der Waals surface area contributed by atoms with Crippen LogP contribution in [0.4, 0.5) is 0 Å². The van der Waals surface area contributed by atoms with Gasteiger partial charge in [0, 0.05) is 18.9 Å². The van der Waals surface area contributed by atoms with Crippen LogP contribution in [0.5, 0.6) is 5.75 Å². The molecule has 2 atom stereocenters. The van der Waals surface area contributed by atoms with E-state index in [9.17, 15) is 24.9 Å². The van der Waals surface area contributed by atoms with E-state index in [1.807, 2.05) is 0 Å². The van der Waals surface area contributed by atoms with Crippen LogP contribution in [-0.2, 0) is 14.3 Å². The molecule has 0 amide bonds. The summed E-state index contributed by atoms with van der Waals surface area (Å²) in [6.07, 6.45) is -0.512. The van der Waals surface area contributed by atoms with Gasteiger partial charge in [-0.3, -0.25) is 0 Å². The van der Waals surface area contributed by atoms with E-state index in [1.54, 1.807) is 12.1 Å². The summed E-state index contributed by atoms with van der Waals surface area (Å²) < 4.78 is 4.84. The maximum atomic E-state index is 11.8. The van der Waals surface area contributed by atoms with Gasteiger partial charge in [-0.05, 0) is 23.8 Å². The van der Waals surface area contributed by atoms with Crippen LogP contribution in [0.25, 0.3) is 6.08 Å². The fraction of sp³-hybridized carbons (Fsp3) is 0.250. The first-order valence-electron chi connectivity index (χ1n) is 6.96. The molecule has 0 aromatic heterocycles.